The largest absolute Gasteiger partial charge is 0.487 e. The highest BCUT2D eigenvalue weighted by Crippen LogP contribution is 2.33. The molecule has 4 nitrogen and oxygen atoms in total. The first-order chi connectivity index (χ1) is 10.5. The van der Waals surface area contributed by atoms with Crippen LogP contribution >= 0.6 is 11.6 Å². The lowest BCUT2D eigenvalue weighted by Gasteiger charge is -2.33. The number of nitrogens with zero attached hydrogens (tertiary/aromatic N) is 1. The number of urea groups is 1. The van der Waals surface area contributed by atoms with Gasteiger partial charge >= 0.3 is 6.03 Å². The van der Waals surface area contributed by atoms with Crippen molar-refractivity contribution in [1.82, 2.24) is 0 Å². The van der Waals surface area contributed by atoms with Crippen molar-refractivity contribution in [2.75, 3.05) is 16.8 Å². The van der Waals surface area contributed by atoms with Gasteiger partial charge in [-0.15, -0.1) is 0 Å². The quantitative estimate of drug-likeness (QED) is 0.843. The molecular formula is C17H17ClN2O2. The van der Waals surface area contributed by atoms with Gasteiger partial charge in [0, 0.05) is 10.7 Å². The third kappa shape index (κ3) is 2.88. The molecule has 0 aliphatic carbocycles. The SMILES string of the molecule is Cc1ccc(Cl)cc1NC(=O)N1CC(C)Oc2ccccc21. The summed E-state index contributed by atoms with van der Waals surface area (Å²) in [7, 11) is 0. The molecule has 5 heteroatoms. The molecule has 2 aromatic carbocycles. The van der Waals surface area contributed by atoms with Gasteiger partial charge in [-0.25, -0.2) is 4.79 Å². The molecule has 0 saturated carbocycles. The average Bonchev–Trinajstić information content (AvgIpc) is 2.50. The van der Waals surface area contributed by atoms with Crippen molar-refractivity contribution in [3.63, 3.8) is 0 Å². The van der Waals surface area contributed by atoms with Crippen LogP contribution in [0.15, 0.2) is 42.5 Å². The summed E-state index contributed by atoms with van der Waals surface area (Å²) in [6.07, 6.45) is -0.0545. The number of amides is 2. The monoisotopic (exact) mass is 316 g/mol. The fourth-order valence-corrected chi connectivity index (χ4v) is 2.67. The van der Waals surface area contributed by atoms with Crippen molar-refractivity contribution in [1.29, 1.82) is 0 Å². The van der Waals surface area contributed by atoms with Gasteiger partial charge in [0.25, 0.3) is 0 Å². The molecule has 22 heavy (non-hydrogen) atoms. The summed E-state index contributed by atoms with van der Waals surface area (Å²) in [5.74, 6) is 0.721. The minimum absolute atomic E-state index is 0.0545. The molecular weight excluding hydrogens is 300 g/mol. The van der Waals surface area contributed by atoms with Crippen LogP contribution in [0.2, 0.25) is 5.02 Å². The van der Waals surface area contributed by atoms with Gasteiger partial charge < -0.3 is 10.1 Å². The first-order valence-corrected chi connectivity index (χ1v) is 7.53. The van der Waals surface area contributed by atoms with Gasteiger partial charge in [0.2, 0.25) is 0 Å². The first kappa shape index (κ1) is 14.7. The molecule has 1 aliphatic heterocycles. The maximum Gasteiger partial charge on any atom is 0.326 e. The molecule has 1 N–H and O–H groups in total. The van der Waals surface area contributed by atoms with Gasteiger partial charge in [0.15, 0.2) is 0 Å². The Morgan fingerprint density at radius 2 is 2.09 bits per heavy atom. The zero-order chi connectivity index (χ0) is 15.7. The van der Waals surface area contributed by atoms with Crippen molar-refractivity contribution < 1.29 is 9.53 Å². The molecule has 1 heterocycles. The summed E-state index contributed by atoms with van der Waals surface area (Å²) >= 11 is 6.01. The molecule has 1 atom stereocenters. The predicted octanol–water partition coefficient (Wildman–Crippen LogP) is 4.47. The van der Waals surface area contributed by atoms with Gasteiger partial charge in [-0.1, -0.05) is 29.8 Å². The van der Waals surface area contributed by atoms with Gasteiger partial charge in [0.1, 0.15) is 11.9 Å². The summed E-state index contributed by atoms with van der Waals surface area (Å²) in [6.45, 7) is 4.38. The van der Waals surface area contributed by atoms with Crippen molar-refractivity contribution >= 4 is 29.0 Å². The average molecular weight is 317 g/mol. The van der Waals surface area contributed by atoms with E-state index < -0.39 is 0 Å². The van der Waals surface area contributed by atoms with Crippen molar-refractivity contribution in [3.8, 4) is 5.75 Å². The van der Waals surface area contributed by atoms with Crippen molar-refractivity contribution in [3.05, 3.63) is 53.1 Å². The van der Waals surface area contributed by atoms with Crippen LogP contribution in [0.25, 0.3) is 0 Å². The maximum atomic E-state index is 12.7. The number of hydrogen-bond acceptors (Lipinski definition) is 2. The number of hydrogen-bond donors (Lipinski definition) is 1. The van der Waals surface area contributed by atoms with E-state index in [1.807, 2.05) is 44.2 Å². The van der Waals surface area contributed by atoms with Crippen LogP contribution in [0.5, 0.6) is 5.75 Å². The molecule has 0 fully saturated rings. The number of anilines is 2. The summed E-state index contributed by atoms with van der Waals surface area (Å²) in [4.78, 5) is 14.4. The lowest BCUT2D eigenvalue weighted by Crippen LogP contribution is -2.44. The maximum absolute atomic E-state index is 12.7. The van der Waals surface area contributed by atoms with Gasteiger partial charge in [-0.05, 0) is 43.7 Å². The Kier molecular flexibility index (Phi) is 3.94. The molecule has 3 rings (SSSR count). The predicted molar refractivity (Wildman–Crippen MR) is 89.1 cm³/mol. The summed E-state index contributed by atoms with van der Waals surface area (Å²) in [5, 5.41) is 3.52. The number of nitrogens with one attached hydrogen (secondary N) is 1. The molecule has 1 unspecified atom stereocenters. The Morgan fingerprint density at radius 3 is 2.91 bits per heavy atom. The second-order valence-electron chi connectivity index (χ2n) is 5.40. The molecule has 0 bridgehead atoms. The van der Waals surface area contributed by atoms with Crippen LogP contribution in [-0.4, -0.2) is 18.7 Å². The van der Waals surface area contributed by atoms with Gasteiger partial charge in [-0.2, -0.15) is 0 Å². The fraction of sp³-hybridized carbons (Fsp3) is 0.235. The third-order valence-corrected chi connectivity index (χ3v) is 3.85. The van der Waals surface area contributed by atoms with E-state index in [0.717, 1.165) is 17.0 Å². The normalized spacial score (nSPS) is 16.7. The number of rotatable bonds is 1. The number of halogens is 1. The number of benzene rings is 2. The Hall–Kier alpha value is -2.20. The Bertz CT molecular complexity index is 718. The molecule has 0 spiro atoms. The topological polar surface area (TPSA) is 41.6 Å². The van der Waals surface area contributed by atoms with Crippen LogP contribution in [0.3, 0.4) is 0 Å². The highest BCUT2D eigenvalue weighted by Gasteiger charge is 2.27. The molecule has 0 radical (unpaired) electrons. The summed E-state index contributed by atoms with van der Waals surface area (Å²) in [5.41, 5.74) is 2.46. The standard InChI is InChI=1S/C17H17ClN2O2/c1-11-7-8-13(18)9-14(11)19-17(21)20-10-12(2)22-16-6-4-3-5-15(16)20/h3-9,12H,10H2,1-2H3,(H,19,21). The van der Waals surface area contributed by atoms with E-state index in [-0.39, 0.29) is 12.1 Å². The third-order valence-electron chi connectivity index (χ3n) is 3.61. The zero-order valence-electron chi connectivity index (χ0n) is 12.5. The molecule has 114 valence electrons. The van der Waals surface area contributed by atoms with E-state index in [1.54, 1.807) is 17.0 Å². The molecule has 0 saturated heterocycles. The van der Waals surface area contributed by atoms with E-state index >= 15 is 0 Å². The molecule has 2 amide bonds. The number of fused-ring (bicyclic) bond motifs is 1. The number of para-hydroxylation sites is 2. The van der Waals surface area contributed by atoms with E-state index in [9.17, 15) is 4.79 Å². The lowest BCUT2D eigenvalue weighted by molar-refractivity contribution is 0.208. The van der Waals surface area contributed by atoms with E-state index in [1.165, 1.54) is 0 Å². The zero-order valence-corrected chi connectivity index (χ0v) is 13.2. The number of ether oxygens (including phenoxy) is 1. The second-order valence-corrected chi connectivity index (χ2v) is 5.83. The van der Waals surface area contributed by atoms with Crippen LogP contribution in [-0.2, 0) is 0 Å². The smallest absolute Gasteiger partial charge is 0.326 e. The van der Waals surface area contributed by atoms with E-state index in [2.05, 4.69) is 5.32 Å². The summed E-state index contributed by atoms with van der Waals surface area (Å²) in [6, 6.07) is 12.8. The van der Waals surface area contributed by atoms with Crippen molar-refractivity contribution in [2.24, 2.45) is 0 Å². The van der Waals surface area contributed by atoms with Gasteiger partial charge in [0.05, 0.1) is 12.2 Å². The van der Waals surface area contributed by atoms with Crippen LogP contribution in [0, 0.1) is 6.92 Å². The van der Waals surface area contributed by atoms with Gasteiger partial charge in [-0.3, -0.25) is 4.90 Å². The van der Waals surface area contributed by atoms with E-state index in [4.69, 9.17) is 16.3 Å². The number of aryl methyl sites for hydroxylation is 1. The number of carbonyl (C=O) groups excluding carboxylic acids is 1. The number of carbonyl (C=O) groups is 1. The Balaban J connectivity index is 1.88. The highest BCUT2D eigenvalue weighted by atomic mass is 35.5. The summed E-state index contributed by atoms with van der Waals surface area (Å²) < 4.78 is 5.76. The van der Waals surface area contributed by atoms with Crippen LogP contribution < -0.4 is 15.0 Å². The van der Waals surface area contributed by atoms with Crippen LogP contribution in [0.4, 0.5) is 16.2 Å². The van der Waals surface area contributed by atoms with Crippen LogP contribution in [0.1, 0.15) is 12.5 Å². The molecule has 1 aliphatic rings. The van der Waals surface area contributed by atoms with E-state index in [0.29, 0.717) is 17.3 Å². The first-order valence-electron chi connectivity index (χ1n) is 7.15. The fourth-order valence-electron chi connectivity index (χ4n) is 2.49. The Labute approximate surface area is 134 Å². The highest BCUT2D eigenvalue weighted by molar-refractivity contribution is 6.31. The lowest BCUT2D eigenvalue weighted by atomic mass is 10.2. The molecule has 0 aromatic heterocycles. The minimum Gasteiger partial charge on any atom is -0.487 e. The Morgan fingerprint density at radius 1 is 1.32 bits per heavy atom. The minimum atomic E-state index is -0.187. The second kappa shape index (κ2) is 5.89. The van der Waals surface area contributed by atoms with Crippen molar-refractivity contribution in [2.45, 2.75) is 20.0 Å². The molecule has 2 aromatic rings.